The van der Waals surface area contributed by atoms with Gasteiger partial charge in [0, 0.05) is 42.9 Å². The zero-order valence-corrected chi connectivity index (χ0v) is 28.5. The van der Waals surface area contributed by atoms with Gasteiger partial charge >= 0.3 is 12.1 Å². The predicted molar refractivity (Wildman–Crippen MR) is 177 cm³/mol. The van der Waals surface area contributed by atoms with Crippen molar-refractivity contribution < 1.29 is 23.8 Å². The van der Waals surface area contributed by atoms with Gasteiger partial charge in [-0.2, -0.15) is 0 Å². The van der Waals surface area contributed by atoms with Crippen molar-refractivity contribution in [2.75, 3.05) is 20.3 Å². The molecule has 2 fully saturated rings. The Bertz CT molecular complexity index is 1610. The highest BCUT2D eigenvalue weighted by atomic mass is 28.3. The van der Waals surface area contributed by atoms with Crippen molar-refractivity contribution in [2.45, 2.75) is 96.8 Å². The summed E-state index contributed by atoms with van der Waals surface area (Å²) in [5.74, 6) is 3.23. The highest BCUT2D eigenvalue weighted by Crippen LogP contribution is 2.45. The molecule has 2 aliphatic rings. The van der Waals surface area contributed by atoms with E-state index in [1.807, 2.05) is 64.2 Å². The summed E-state index contributed by atoms with van der Waals surface area (Å²) >= 11 is 0. The first-order valence-corrected chi connectivity index (χ1v) is 19.1. The summed E-state index contributed by atoms with van der Waals surface area (Å²) in [5.41, 5.74) is 8.54. The average molecular weight is 615 g/mol. The minimum atomic E-state index is -1.65. The van der Waals surface area contributed by atoms with E-state index in [9.17, 15) is 9.59 Å². The van der Waals surface area contributed by atoms with Crippen LogP contribution in [-0.4, -0.2) is 61.1 Å². The first-order chi connectivity index (χ1) is 20.7. The summed E-state index contributed by atoms with van der Waals surface area (Å²) in [5, 5.41) is 1.02. The molecule has 0 aliphatic carbocycles. The molecule has 3 heterocycles. The number of hydrogen-bond donors (Lipinski definition) is 0. The van der Waals surface area contributed by atoms with Gasteiger partial charge in [-0.1, -0.05) is 37.7 Å². The standard InChI is InChI=1S/C36H46N2O5Si/c1-25-22-28(15-21-44(6,7)8)30(29-14-18-38(32(25)29)34(40)43-35(2,3)4)24-37-19-17-36(16-9-20-42-36)23-31(37)26-10-12-27(13-11-26)33(39)41-5/h10-14,18,22,31H,9,16-17,19-20,23-24H2,1-8H3/t31-,36?/m0/s1. The zero-order valence-electron chi connectivity index (χ0n) is 27.5. The summed E-state index contributed by atoms with van der Waals surface area (Å²) < 4.78 is 18.7. The zero-order chi connectivity index (χ0) is 31.9. The second-order valence-corrected chi connectivity index (χ2v) is 19.1. The number of ether oxygens (including phenoxy) is 3. The summed E-state index contributed by atoms with van der Waals surface area (Å²) in [6.07, 6.45) is 5.44. The Balaban J connectivity index is 1.60. The molecular weight excluding hydrogens is 568 g/mol. The SMILES string of the molecule is COC(=O)c1ccc([C@@H]2CC3(CCCO3)CCN2Cc2c(C#C[Si](C)(C)C)cc(C)c3c2ccn3C(=O)OC(C)(C)C)cc1. The Labute approximate surface area is 262 Å². The molecule has 0 radical (unpaired) electrons. The van der Waals surface area contributed by atoms with Crippen LogP contribution in [0.25, 0.3) is 10.9 Å². The smallest absolute Gasteiger partial charge is 0.419 e. The van der Waals surface area contributed by atoms with E-state index in [2.05, 4.69) is 42.1 Å². The van der Waals surface area contributed by atoms with E-state index in [0.29, 0.717) is 12.1 Å². The molecule has 234 valence electrons. The third-order valence-corrected chi connectivity index (χ3v) is 9.43. The van der Waals surface area contributed by atoms with Crippen molar-refractivity contribution in [3.8, 4) is 11.5 Å². The van der Waals surface area contributed by atoms with Crippen molar-refractivity contribution in [3.05, 3.63) is 70.4 Å². The Morgan fingerprint density at radius 2 is 1.84 bits per heavy atom. The van der Waals surface area contributed by atoms with Crippen LogP contribution < -0.4 is 0 Å². The lowest BCUT2D eigenvalue weighted by Crippen LogP contribution is -2.45. The van der Waals surface area contributed by atoms with Gasteiger partial charge in [-0.25, -0.2) is 9.59 Å². The molecule has 44 heavy (non-hydrogen) atoms. The monoisotopic (exact) mass is 614 g/mol. The molecule has 0 saturated carbocycles. The number of rotatable bonds is 4. The van der Waals surface area contributed by atoms with Crippen molar-refractivity contribution in [3.63, 3.8) is 0 Å². The van der Waals surface area contributed by atoms with Crippen molar-refractivity contribution in [1.82, 2.24) is 9.47 Å². The van der Waals surface area contributed by atoms with Gasteiger partial charge in [0.2, 0.25) is 0 Å². The van der Waals surface area contributed by atoms with E-state index in [0.717, 1.165) is 72.0 Å². The van der Waals surface area contributed by atoms with Crippen LogP contribution in [0, 0.1) is 18.4 Å². The fraction of sp³-hybridized carbons (Fsp3) is 0.500. The number of methoxy groups -OCH3 is 1. The molecule has 3 aromatic rings. The topological polar surface area (TPSA) is 70.0 Å². The number of aromatic nitrogens is 1. The number of likely N-dealkylation sites (tertiary alicyclic amines) is 1. The Morgan fingerprint density at radius 1 is 1.11 bits per heavy atom. The lowest BCUT2D eigenvalue weighted by Gasteiger charge is -2.45. The number of benzene rings is 2. The lowest BCUT2D eigenvalue weighted by molar-refractivity contribution is -0.0675. The predicted octanol–water partition coefficient (Wildman–Crippen LogP) is 7.63. The van der Waals surface area contributed by atoms with Crippen LogP contribution in [0.15, 0.2) is 42.6 Å². The highest BCUT2D eigenvalue weighted by molar-refractivity contribution is 6.83. The second-order valence-electron chi connectivity index (χ2n) is 14.3. The van der Waals surface area contributed by atoms with Crippen LogP contribution in [0.1, 0.15) is 85.1 Å². The fourth-order valence-electron chi connectivity index (χ4n) is 6.48. The minimum absolute atomic E-state index is 0.0932. The van der Waals surface area contributed by atoms with Gasteiger partial charge in [0.25, 0.3) is 0 Å². The van der Waals surface area contributed by atoms with Crippen LogP contribution in [0.4, 0.5) is 4.79 Å². The normalized spacial score (nSPS) is 20.9. The summed E-state index contributed by atoms with van der Waals surface area (Å²) in [6, 6.07) is 12.1. The van der Waals surface area contributed by atoms with E-state index in [4.69, 9.17) is 14.2 Å². The van der Waals surface area contributed by atoms with Gasteiger partial charge in [0.15, 0.2) is 0 Å². The van der Waals surface area contributed by atoms with E-state index in [1.165, 1.54) is 7.11 Å². The number of piperidine rings is 1. The van der Waals surface area contributed by atoms with Crippen LogP contribution in [0.5, 0.6) is 0 Å². The molecular formula is C36H46N2O5Si. The molecule has 2 saturated heterocycles. The van der Waals surface area contributed by atoms with Crippen molar-refractivity contribution >= 4 is 31.0 Å². The Kier molecular flexibility index (Phi) is 8.87. The minimum Gasteiger partial charge on any atom is -0.465 e. The Morgan fingerprint density at radius 3 is 2.45 bits per heavy atom. The number of esters is 1. The number of hydrogen-bond acceptors (Lipinski definition) is 6. The first-order valence-electron chi connectivity index (χ1n) is 15.6. The molecule has 2 atom stereocenters. The molecule has 1 aromatic heterocycles. The maximum absolute atomic E-state index is 13.3. The highest BCUT2D eigenvalue weighted by Gasteiger charge is 2.43. The van der Waals surface area contributed by atoms with Gasteiger partial charge in [-0.3, -0.25) is 9.47 Å². The average Bonchev–Trinajstić information content (AvgIpc) is 3.61. The lowest BCUT2D eigenvalue weighted by atomic mass is 9.81. The van der Waals surface area contributed by atoms with Crippen LogP contribution in [0.2, 0.25) is 19.6 Å². The van der Waals surface area contributed by atoms with Gasteiger partial charge in [0.05, 0.1) is 23.8 Å². The third kappa shape index (κ3) is 6.96. The van der Waals surface area contributed by atoms with Gasteiger partial charge < -0.3 is 14.2 Å². The van der Waals surface area contributed by atoms with Crippen molar-refractivity contribution in [2.24, 2.45) is 0 Å². The summed E-state index contributed by atoms with van der Waals surface area (Å²) in [4.78, 5) is 28.0. The van der Waals surface area contributed by atoms with Crippen molar-refractivity contribution in [1.29, 1.82) is 0 Å². The third-order valence-electron chi connectivity index (χ3n) is 8.56. The molecule has 0 N–H and O–H groups in total. The number of aryl methyl sites for hydroxylation is 1. The molecule has 0 bridgehead atoms. The molecule has 1 unspecified atom stereocenters. The van der Waals surface area contributed by atoms with E-state index < -0.39 is 13.7 Å². The van der Waals surface area contributed by atoms with E-state index in [1.54, 1.807) is 4.57 Å². The molecule has 5 rings (SSSR count). The maximum Gasteiger partial charge on any atom is 0.419 e. The Hall–Kier alpha value is -3.38. The van der Waals surface area contributed by atoms with Gasteiger partial charge in [-0.05, 0) is 94.3 Å². The van der Waals surface area contributed by atoms with Crippen LogP contribution in [0.3, 0.4) is 0 Å². The van der Waals surface area contributed by atoms with E-state index >= 15 is 0 Å². The molecule has 8 heteroatoms. The number of carbonyl (C=O) groups excluding carboxylic acids is 2. The molecule has 2 aromatic carbocycles. The molecule has 0 amide bonds. The van der Waals surface area contributed by atoms with Crippen LogP contribution >= 0.6 is 0 Å². The van der Waals surface area contributed by atoms with Gasteiger partial charge in [0.1, 0.15) is 13.7 Å². The van der Waals surface area contributed by atoms with Gasteiger partial charge in [-0.15, -0.1) is 5.54 Å². The number of nitrogens with zero attached hydrogens (tertiary/aromatic N) is 2. The van der Waals surface area contributed by atoms with E-state index in [-0.39, 0.29) is 23.7 Å². The molecule has 1 spiro atoms. The first kappa shape index (κ1) is 32.0. The second kappa shape index (κ2) is 12.2. The molecule has 2 aliphatic heterocycles. The largest absolute Gasteiger partial charge is 0.465 e. The quantitative estimate of drug-likeness (QED) is 0.171. The van der Waals surface area contributed by atoms with Crippen LogP contribution in [-0.2, 0) is 20.8 Å². The maximum atomic E-state index is 13.3. The molecule has 7 nitrogen and oxygen atoms in total. The fourth-order valence-corrected chi connectivity index (χ4v) is 6.99. The number of fused-ring (bicyclic) bond motifs is 1. The number of carbonyl (C=O) groups is 2. The summed E-state index contributed by atoms with van der Waals surface area (Å²) in [6.45, 7) is 16.8. The summed E-state index contributed by atoms with van der Waals surface area (Å²) in [7, 11) is -0.250.